The van der Waals surface area contributed by atoms with Gasteiger partial charge in [0.15, 0.2) is 17.5 Å². The molecule has 0 spiro atoms. The maximum atomic E-state index is 13.3. The van der Waals surface area contributed by atoms with E-state index >= 15 is 0 Å². The van der Waals surface area contributed by atoms with Crippen molar-refractivity contribution in [3.63, 3.8) is 0 Å². The Morgan fingerprint density at radius 1 is 1.15 bits per heavy atom. The zero-order valence-corrected chi connectivity index (χ0v) is 14.3. The Bertz CT molecular complexity index is 833. The normalized spacial score (nSPS) is 20.0. The molecule has 1 fully saturated rings. The molecular weight excluding hydrogens is 338 g/mol. The molecule has 0 unspecified atom stereocenters. The lowest BCUT2D eigenvalue weighted by Gasteiger charge is -2.25. The zero-order chi connectivity index (χ0) is 18.4. The molecule has 1 saturated heterocycles. The highest BCUT2D eigenvalue weighted by atomic mass is 19.2. The van der Waals surface area contributed by atoms with Crippen LogP contribution in [-0.2, 0) is 9.47 Å². The number of hydrogen-bond acceptors (Lipinski definition) is 4. The minimum absolute atomic E-state index is 0.298. The van der Waals surface area contributed by atoms with Gasteiger partial charge in [-0.3, -0.25) is 0 Å². The maximum absolute atomic E-state index is 13.3. The molecule has 0 radical (unpaired) electrons. The van der Waals surface area contributed by atoms with E-state index in [-0.39, 0.29) is 0 Å². The molecule has 1 aliphatic rings. The van der Waals surface area contributed by atoms with Crippen molar-refractivity contribution in [1.82, 2.24) is 9.97 Å². The number of allylic oxidation sites excluding steroid dienone is 2. The Balaban J connectivity index is 1.60. The summed E-state index contributed by atoms with van der Waals surface area (Å²) in [6.45, 7) is 3.20. The van der Waals surface area contributed by atoms with Gasteiger partial charge in [0.25, 0.3) is 0 Å². The number of nitrogens with zero attached hydrogens (tertiary/aromatic N) is 2. The summed E-state index contributed by atoms with van der Waals surface area (Å²) in [6, 6.07) is 3.53. The zero-order valence-electron chi connectivity index (χ0n) is 14.3. The van der Waals surface area contributed by atoms with Crippen LogP contribution < -0.4 is 0 Å². The summed E-state index contributed by atoms with van der Waals surface area (Å²) < 4.78 is 37.4. The van der Waals surface area contributed by atoms with Crippen LogP contribution in [0.1, 0.15) is 18.9 Å². The van der Waals surface area contributed by atoms with Crippen molar-refractivity contribution in [3.8, 4) is 23.2 Å². The molecule has 6 heteroatoms. The molecule has 2 aromatic rings. The summed E-state index contributed by atoms with van der Waals surface area (Å²) in [5, 5.41) is 0. The summed E-state index contributed by atoms with van der Waals surface area (Å²) in [4.78, 5) is 8.27. The van der Waals surface area contributed by atoms with Crippen LogP contribution in [0.4, 0.5) is 8.78 Å². The Hall–Kier alpha value is -2.62. The molecule has 3 rings (SSSR count). The molecular formula is C20H18F2N2O2. The molecule has 4 nitrogen and oxygen atoms in total. The Kier molecular flexibility index (Phi) is 6.05. The van der Waals surface area contributed by atoms with Gasteiger partial charge in [0.1, 0.15) is 0 Å². The predicted octanol–water partition coefficient (Wildman–Crippen LogP) is 3.73. The first-order valence-electron chi connectivity index (χ1n) is 8.29. The number of halogens is 2. The van der Waals surface area contributed by atoms with E-state index < -0.39 is 17.9 Å². The van der Waals surface area contributed by atoms with Crippen LogP contribution in [0.15, 0.2) is 42.7 Å². The van der Waals surface area contributed by atoms with Gasteiger partial charge in [0.2, 0.25) is 6.29 Å². The van der Waals surface area contributed by atoms with Gasteiger partial charge in [-0.1, -0.05) is 18.1 Å². The third kappa shape index (κ3) is 4.72. The molecule has 0 saturated carbocycles. The topological polar surface area (TPSA) is 44.2 Å². The van der Waals surface area contributed by atoms with Crippen LogP contribution in [-0.4, -0.2) is 29.5 Å². The smallest absolute Gasteiger partial charge is 0.222 e. The third-order valence-corrected chi connectivity index (χ3v) is 3.84. The standard InChI is InChI=1S/C20H18F2N2O2/c1-2-3-4-15-12-25-19(26-13-15)8-5-14-10-23-20(24-11-14)16-6-7-17(21)18(22)9-16/h2-3,6-7,9-11,15,19H,4,12-13H2,1H3. The highest BCUT2D eigenvalue weighted by molar-refractivity contribution is 5.55. The second kappa shape index (κ2) is 8.65. The van der Waals surface area contributed by atoms with Gasteiger partial charge in [-0.2, -0.15) is 0 Å². The van der Waals surface area contributed by atoms with Crippen LogP contribution in [0.2, 0.25) is 0 Å². The first-order valence-corrected chi connectivity index (χ1v) is 8.29. The van der Waals surface area contributed by atoms with Gasteiger partial charge in [-0.05, 0) is 37.5 Å². The molecule has 134 valence electrons. The lowest BCUT2D eigenvalue weighted by atomic mass is 10.1. The number of aromatic nitrogens is 2. The van der Waals surface area contributed by atoms with Crippen LogP contribution in [0, 0.1) is 29.4 Å². The second-order valence-corrected chi connectivity index (χ2v) is 5.86. The van der Waals surface area contributed by atoms with E-state index in [0.717, 1.165) is 18.6 Å². The van der Waals surface area contributed by atoms with Crippen LogP contribution >= 0.6 is 0 Å². The number of ether oxygens (including phenoxy) is 2. The monoisotopic (exact) mass is 356 g/mol. The molecule has 26 heavy (non-hydrogen) atoms. The van der Waals surface area contributed by atoms with E-state index in [0.29, 0.717) is 36.1 Å². The Morgan fingerprint density at radius 3 is 2.54 bits per heavy atom. The molecule has 0 atom stereocenters. The summed E-state index contributed by atoms with van der Waals surface area (Å²) >= 11 is 0. The van der Waals surface area contributed by atoms with Gasteiger partial charge in [0.05, 0.1) is 18.8 Å². The van der Waals surface area contributed by atoms with Crippen LogP contribution in [0.5, 0.6) is 0 Å². The molecule has 1 aromatic carbocycles. The molecule has 1 aliphatic heterocycles. The molecule has 0 amide bonds. The van der Waals surface area contributed by atoms with Gasteiger partial charge < -0.3 is 9.47 Å². The first kappa shape index (κ1) is 18.2. The van der Waals surface area contributed by atoms with Gasteiger partial charge in [0, 0.05) is 23.9 Å². The fourth-order valence-corrected chi connectivity index (χ4v) is 2.41. The molecule has 1 aromatic heterocycles. The summed E-state index contributed by atoms with van der Waals surface area (Å²) in [7, 11) is 0. The second-order valence-electron chi connectivity index (χ2n) is 5.86. The van der Waals surface area contributed by atoms with Crippen molar-refractivity contribution in [3.05, 3.63) is 59.9 Å². The first-order chi connectivity index (χ1) is 12.7. The van der Waals surface area contributed by atoms with E-state index in [1.807, 2.05) is 13.0 Å². The fraction of sp³-hybridized carbons (Fsp3) is 0.300. The molecule has 0 N–H and O–H groups in total. The largest absolute Gasteiger partial charge is 0.342 e. The van der Waals surface area contributed by atoms with E-state index in [9.17, 15) is 8.78 Å². The molecule has 2 heterocycles. The SMILES string of the molecule is CC=CCC1COC(C#Cc2cnc(-c3ccc(F)c(F)c3)nc2)OC1. The van der Waals surface area contributed by atoms with Crippen molar-refractivity contribution < 1.29 is 18.3 Å². The average Bonchev–Trinajstić information content (AvgIpc) is 2.68. The van der Waals surface area contributed by atoms with Crippen molar-refractivity contribution >= 4 is 0 Å². The van der Waals surface area contributed by atoms with Crippen molar-refractivity contribution in [2.24, 2.45) is 5.92 Å². The summed E-state index contributed by atoms with van der Waals surface area (Å²) in [5.74, 6) is 4.59. The minimum atomic E-state index is -0.936. The number of benzene rings is 1. The molecule has 0 aliphatic carbocycles. The van der Waals surface area contributed by atoms with Gasteiger partial charge in [-0.25, -0.2) is 18.7 Å². The van der Waals surface area contributed by atoms with E-state index in [1.165, 1.54) is 18.5 Å². The maximum Gasteiger partial charge on any atom is 0.222 e. The highest BCUT2D eigenvalue weighted by Gasteiger charge is 2.19. The van der Waals surface area contributed by atoms with Crippen molar-refractivity contribution in [1.29, 1.82) is 0 Å². The number of hydrogen-bond donors (Lipinski definition) is 0. The minimum Gasteiger partial charge on any atom is -0.342 e. The molecule has 0 bridgehead atoms. The Morgan fingerprint density at radius 2 is 1.88 bits per heavy atom. The van der Waals surface area contributed by atoms with Crippen LogP contribution in [0.3, 0.4) is 0 Å². The number of rotatable bonds is 3. The lowest BCUT2D eigenvalue weighted by molar-refractivity contribution is -0.168. The predicted molar refractivity (Wildman–Crippen MR) is 92.9 cm³/mol. The quantitative estimate of drug-likeness (QED) is 0.621. The lowest BCUT2D eigenvalue weighted by Crippen LogP contribution is -2.30. The third-order valence-electron chi connectivity index (χ3n) is 3.84. The summed E-state index contributed by atoms with van der Waals surface area (Å²) in [6.07, 6.45) is 7.51. The van der Waals surface area contributed by atoms with E-state index in [2.05, 4.69) is 27.9 Å². The van der Waals surface area contributed by atoms with Crippen LogP contribution in [0.25, 0.3) is 11.4 Å². The highest BCUT2D eigenvalue weighted by Crippen LogP contribution is 2.18. The van der Waals surface area contributed by atoms with Crippen molar-refractivity contribution in [2.45, 2.75) is 19.6 Å². The van der Waals surface area contributed by atoms with E-state index in [4.69, 9.17) is 9.47 Å². The summed E-state index contributed by atoms with van der Waals surface area (Å²) in [5.41, 5.74) is 0.981. The van der Waals surface area contributed by atoms with Gasteiger partial charge in [-0.15, -0.1) is 0 Å². The fourth-order valence-electron chi connectivity index (χ4n) is 2.41. The van der Waals surface area contributed by atoms with Crippen molar-refractivity contribution in [2.75, 3.05) is 13.2 Å². The van der Waals surface area contributed by atoms with E-state index in [1.54, 1.807) is 0 Å². The Labute approximate surface area is 150 Å². The van der Waals surface area contributed by atoms with Gasteiger partial charge >= 0.3 is 0 Å². The average molecular weight is 356 g/mol.